The number of nitro groups is 2. The molecule has 4 N–H and O–H groups in total. The molecule has 0 aliphatic carbocycles. The van der Waals surface area contributed by atoms with Crippen LogP contribution in [0, 0.1) is 20.2 Å². The van der Waals surface area contributed by atoms with E-state index in [2.05, 4.69) is 9.73 Å². The largest absolute Gasteiger partial charge is 0.464 e. The van der Waals surface area contributed by atoms with Crippen molar-refractivity contribution in [1.29, 1.82) is 0 Å². The lowest BCUT2D eigenvalue weighted by Crippen LogP contribution is -2.26. The Morgan fingerprint density at radius 2 is 1.06 bits per heavy atom. The first-order valence-corrected chi connectivity index (χ1v) is 25.4. The summed E-state index contributed by atoms with van der Waals surface area (Å²) in [6.45, 7) is 8.05. The van der Waals surface area contributed by atoms with Crippen LogP contribution in [0.3, 0.4) is 0 Å². The highest BCUT2D eigenvalue weighted by Crippen LogP contribution is 2.27. The number of nitrogens with zero attached hydrogens (tertiary/aromatic N) is 5. The van der Waals surface area contributed by atoms with Crippen molar-refractivity contribution < 1.29 is 43.2 Å². The Morgan fingerprint density at radius 3 is 1.58 bits per heavy atom. The number of amides is 1. The predicted octanol–water partition coefficient (Wildman–Crippen LogP) is 9.49. The molecule has 0 bridgehead atoms. The number of nitro benzene ring substituents is 2. The number of hydrogen-bond donors (Lipinski definition) is 3. The third-order valence-electron chi connectivity index (χ3n) is 12.4. The van der Waals surface area contributed by atoms with Gasteiger partial charge in [-0.1, -0.05) is 53.5 Å². The van der Waals surface area contributed by atoms with Gasteiger partial charge >= 0.3 is 17.6 Å². The zero-order chi connectivity index (χ0) is 59.2. The number of nitrogens with one attached hydrogen (secondary N) is 1. The standard InChI is InChI=1S/C20H18Cl2N2O3.C14H14N2O5.C14H16N2O3.C9H5NO4/c1-12(11-25)24-8-7-14-15(20(24)27)3-2-4-18(14)23-19(26)10-13-5-6-16(21)17(22)9-13;1-9(8-21-10(2)17)15-7-6-11-12(14(15)18)4-3-5-13(11)16(19)20;1-9(8-19-10(2)17)16-7-6-11-12(14(16)18)4-3-5-13(11)15;11-9-7-2-1-3-8(10(12)13)6(7)4-5-14-9/h2-9,12,25H,10-11H2,1H3,(H,23,26);3-7,9H,8H2,1-2H3;3-7,9H,8,15H2,1-2H3;1-5H/t12-;2*9-;/m111./s1. The van der Waals surface area contributed by atoms with E-state index in [9.17, 15) is 58.9 Å². The zero-order valence-electron chi connectivity index (χ0n) is 44.1. The van der Waals surface area contributed by atoms with Crippen LogP contribution in [0.4, 0.5) is 22.7 Å². The van der Waals surface area contributed by atoms with E-state index in [0.717, 1.165) is 17.2 Å². The molecule has 3 atom stereocenters. The van der Waals surface area contributed by atoms with Gasteiger partial charge in [-0.25, -0.2) is 4.79 Å². The SMILES string of the molecule is CC(=O)OC[C@@H](C)n1ccc2c(N)cccc2c1=O.CC(=O)OC[C@@H](C)n1ccc2c([N+](=O)[O-])cccc2c1=O.C[C@H](CO)n1ccc2c(NC(=O)Cc3ccc(Cl)c(Cl)c3)cccc2c1=O.O=c1occc2c([N+](=O)[O-])cccc12. The van der Waals surface area contributed by atoms with Gasteiger partial charge in [0.25, 0.3) is 28.1 Å². The van der Waals surface area contributed by atoms with E-state index in [4.69, 9.17) is 38.4 Å². The van der Waals surface area contributed by atoms with Gasteiger partial charge in [0.2, 0.25) is 5.91 Å². The lowest BCUT2D eigenvalue weighted by molar-refractivity contribution is -0.383. The molecule has 0 radical (unpaired) electrons. The zero-order valence-corrected chi connectivity index (χ0v) is 45.6. The summed E-state index contributed by atoms with van der Waals surface area (Å²) in [7, 11) is 0. The summed E-state index contributed by atoms with van der Waals surface area (Å²) in [5, 5.41) is 38.0. The minimum absolute atomic E-state index is 0.0652. The summed E-state index contributed by atoms with van der Waals surface area (Å²) in [6, 6.07) is 29.7. The fraction of sp³-hybridized carbons (Fsp3) is 0.211. The van der Waals surface area contributed by atoms with Crippen molar-refractivity contribution in [3.8, 4) is 0 Å². The number of halogens is 2. The number of nitrogen functional groups attached to an aromatic ring is 1. The van der Waals surface area contributed by atoms with Gasteiger partial charge in [-0.2, -0.15) is 0 Å². The van der Waals surface area contributed by atoms with E-state index in [1.807, 2.05) is 6.92 Å². The molecule has 0 fully saturated rings. The summed E-state index contributed by atoms with van der Waals surface area (Å²) in [6.07, 6.45) is 6.06. The number of nitrogens with two attached hydrogens (primary N) is 1. The second-order valence-corrected chi connectivity index (χ2v) is 19.0. The van der Waals surface area contributed by atoms with Crippen LogP contribution in [0.1, 0.15) is 58.3 Å². The van der Waals surface area contributed by atoms with Crippen LogP contribution >= 0.6 is 23.2 Å². The lowest BCUT2D eigenvalue weighted by atomic mass is 10.1. The molecule has 0 aliphatic heterocycles. The second kappa shape index (κ2) is 27.4. The van der Waals surface area contributed by atoms with Crippen molar-refractivity contribution in [3.63, 3.8) is 0 Å². The predicted molar refractivity (Wildman–Crippen MR) is 308 cm³/mol. The minimum Gasteiger partial charge on any atom is -0.464 e. The Labute approximate surface area is 469 Å². The molecule has 0 saturated carbocycles. The normalized spacial score (nSPS) is 11.9. The van der Waals surface area contributed by atoms with Crippen LogP contribution in [0.15, 0.2) is 164 Å². The number of aromatic nitrogens is 3. The molecule has 4 aromatic heterocycles. The number of ether oxygens (including phenoxy) is 2. The van der Waals surface area contributed by atoms with Crippen molar-refractivity contribution in [2.75, 3.05) is 30.9 Å². The van der Waals surface area contributed by atoms with E-state index in [1.165, 1.54) is 71.6 Å². The highest BCUT2D eigenvalue weighted by Gasteiger charge is 2.18. The number of hydrogen-bond acceptors (Lipinski definition) is 16. The molecule has 22 nitrogen and oxygen atoms in total. The molecule has 0 saturated heterocycles. The van der Waals surface area contributed by atoms with Gasteiger partial charge in [-0.15, -0.1) is 0 Å². The number of anilines is 2. The van der Waals surface area contributed by atoms with Crippen molar-refractivity contribution in [2.45, 2.75) is 59.2 Å². The average Bonchev–Trinajstić information content (AvgIpc) is 3.45. The molecule has 420 valence electrons. The van der Waals surface area contributed by atoms with Crippen molar-refractivity contribution in [2.24, 2.45) is 0 Å². The summed E-state index contributed by atoms with van der Waals surface area (Å²) < 4.78 is 18.8. The summed E-state index contributed by atoms with van der Waals surface area (Å²) in [5.74, 6) is -1.01. The van der Waals surface area contributed by atoms with E-state index in [1.54, 1.807) is 104 Å². The lowest BCUT2D eigenvalue weighted by Gasteiger charge is -2.15. The molecule has 0 unspecified atom stereocenters. The molecule has 0 aliphatic rings. The number of benzene rings is 5. The molecule has 24 heteroatoms. The molecular formula is C57H53Cl2N7O15. The molecule has 4 heterocycles. The molecule has 81 heavy (non-hydrogen) atoms. The third-order valence-corrected chi connectivity index (χ3v) is 13.1. The van der Waals surface area contributed by atoms with E-state index < -0.39 is 21.4 Å². The van der Waals surface area contributed by atoms with Gasteiger partial charge in [0.15, 0.2) is 0 Å². The first kappa shape index (κ1) is 60.7. The number of carbonyl (C=O) groups is 3. The quantitative estimate of drug-likeness (QED) is 0.0419. The fourth-order valence-corrected chi connectivity index (χ4v) is 8.56. The number of aliphatic hydroxyl groups excluding tert-OH is 1. The fourth-order valence-electron chi connectivity index (χ4n) is 8.24. The van der Waals surface area contributed by atoms with Gasteiger partial charge in [0, 0.05) is 77.5 Å². The van der Waals surface area contributed by atoms with E-state index in [-0.39, 0.29) is 95.1 Å². The number of aliphatic hydroxyl groups is 1. The molecule has 9 rings (SSSR count). The number of pyridine rings is 3. The number of carbonyl (C=O) groups excluding carboxylic acids is 3. The van der Waals surface area contributed by atoms with Crippen molar-refractivity contribution in [1.82, 2.24) is 13.7 Å². The van der Waals surface area contributed by atoms with Crippen molar-refractivity contribution >= 4 is 107 Å². The Kier molecular flexibility index (Phi) is 20.5. The third kappa shape index (κ3) is 15.0. The van der Waals surface area contributed by atoms with Crippen LogP contribution in [0.5, 0.6) is 0 Å². The van der Waals surface area contributed by atoms with Crippen LogP contribution in [0.25, 0.3) is 43.1 Å². The molecule has 0 spiro atoms. The Bertz CT molecular complexity index is 4100. The van der Waals surface area contributed by atoms with E-state index >= 15 is 0 Å². The van der Waals surface area contributed by atoms with E-state index in [0.29, 0.717) is 48.4 Å². The number of non-ortho nitro benzene ring substituents is 2. The molecule has 9 aromatic rings. The van der Waals surface area contributed by atoms with Gasteiger partial charge < -0.3 is 43.7 Å². The van der Waals surface area contributed by atoms with Crippen LogP contribution in [0.2, 0.25) is 10.0 Å². The Balaban J connectivity index is 0.000000178. The average molecular weight is 1150 g/mol. The summed E-state index contributed by atoms with van der Waals surface area (Å²) >= 11 is 11.9. The number of fused-ring (bicyclic) bond motifs is 4. The Morgan fingerprint density at radius 1 is 0.605 bits per heavy atom. The Hall–Kier alpha value is -9.51. The number of rotatable bonds is 13. The smallest absolute Gasteiger partial charge is 0.343 e. The number of esters is 2. The van der Waals surface area contributed by atoms with Gasteiger partial charge in [0.05, 0.1) is 78.9 Å². The molecular weight excluding hydrogens is 1090 g/mol. The first-order valence-electron chi connectivity index (χ1n) is 24.6. The summed E-state index contributed by atoms with van der Waals surface area (Å²) in [5.41, 5.74) is 6.24. The molecule has 1 amide bonds. The highest BCUT2D eigenvalue weighted by atomic mass is 35.5. The maximum Gasteiger partial charge on any atom is 0.343 e. The second-order valence-electron chi connectivity index (χ2n) is 18.2. The maximum atomic E-state index is 12.6. The highest BCUT2D eigenvalue weighted by molar-refractivity contribution is 6.42. The summed E-state index contributed by atoms with van der Waals surface area (Å²) in [4.78, 5) is 103. The van der Waals surface area contributed by atoms with Gasteiger partial charge in [-0.3, -0.25) is 49.0 Å². The van der Waals surface area contributed by atoms with Crippen molar-refractivity contribution in [3.05, 3.63) is 217 Å². The topological polar surface area (TPSA) is 310 Å². The maximum absolute atomic E-state index is 12.6. The van der Waals surface area contributed by atoms with Gasteiger partial charge in [0.1, 0.15) is 13.2 Å². The van der Waals surface area contributed by atoms with Crippen LogP contribution in [-0.4, -0.2) is 66.3 Å². The van der Waals surface area contributed by atoms with Crippen LogP contribution < -0.4 is 33.4 Å². The minimum atomic E-state index is -0.564. The first-order chi connectivity index (χ1) is 38.5. The van der Waals surface area contributed by atoms with Crippen LogP contribution in [-0.2, 0) is 30.3 Å². The molecule has 5 aromatic carbocycles. The monoisotopic (exact) mass is 1150 g/mol. The van der Waals surface area contributed by atoms with Gasteiger partial charge in [-0.05, 0) is 99.1 Å².